The van der Waals surface area contributed by atoms with Crippen LogP contribution in [0, 0.1) is 0 Å². The molecular formula is C23H30N4OS. The monoisotopic (exact) mass is 410 g/mol. The second kappa shape index (κ2) is 10.1. The van der Waals surface area contributed by atoms with Gasteiger partial charge < -0.3 is 15.1 Å². The largest absolute Gasteiger partial charge is 0.355 e. The predicted octanol–water partition coefficient (Wildman–Crippen LogP) is 3.52. The van der Waals surface area contributed by atoms with Crippen LogP contribution in [0.3, 0.4) is 0 Å². The van der Waals surface area contributed by atoms with Crippen molar-refractivity contribution in [1.29, 1.82) is 0 Å². The lowest BCUT2D eigenvalue weighted by atomic mass is 10.1. The van der Waals surface area contributed by atoms with Crippen molar-refractivity contribution in [2.45, 2.75) is 19.3 Å². The molecule has 5 nitrogen and oxygen atoms in total. The first-order chi connectivity index (χ1) is 14.3. The molecule has 0 atom stereocenters. The Balaban J connectivity index is 1.28. The van der Waals surface area contributed by atoms with E-state index in [2.05, 4.69) is 32.2 Å². The van der Waals surface area contributed by atoms with Crippen LogP contribution in [0.1, 0.15) is 29.6 Å². The van der Waals surface area contributed by atoms with E-state index in [0.29, 0.717) is 5.56 Å². The minimum absolute atomic E-state index is 0.00872. The molecule has 0 saturated carbocycles. The Morgan fingerprint density at radius 3 is 2.38 bits per heavy atom. The summed E-state index contributed by atoms with van der Waals surface area (Å²) >= 11 is 2.00. The van der Waals surface area contributed by atoms with Crippen LogP contribution in [-0.2, 0) is 0 Å². The summed E-state index contributed by atoms with van der Waals surface area (Å²) in [6, 6.07) is 12.0. The third-order valence-electron chi connectivity index (χ3n) is 5.70. The van der Waals surface area contributed by atoms with Crippen LogP contribution in [0.25, 0.3) is 11.1 Å². The van der Waals surface area contributed by atoms with E-state index in [0.717, 1.165) is 49.5 Å². The third-order valence-corrected chi connectivity index (χ3v) is 6.64. The first-order valence-electron chi connectivity index (χ1n) is 10.7. The zero-order chi connectivity index (χ0) is 19.9. The van der Waals surface area contributed by atoms with Gasteiger partial charge in [0.1, 0.15) is 5.82 Å². The Kier molecular flexibility index (Phi) is 7.06. The predicted molar refractivity (Wildman–Crippen MR) is 122 cm³/mol. The normalized spacial score (nSPS) is 17.4. The van der Waals surface area contributed by atoms with E-state index in [1.54, 1.807) is 0 Å². The molecule has 0 unspecified atom stereocenters. The molecule has 3 heterocycles. The van der Waals surface area contributed by atoms with Gasteiger partial charge in [-0.15, -0.1) is 0 Å². The minimum Gasteiger partial charge on any atom is -0.355 e. The Hall–Kier alpha value is -2.05. The van der Waals surface area contributed by atoms with Gasteiger partial charge >= 0.3 is 0 Å². The molecule has 0 radical (unpaired) electrons. The summed E-state index contributed by atoms with van der Waals surface area (Å²) in [5, 5.41) is 3.04. The molecule has 4 rings (SSSR count). The fourth-order valence-electron chi connectivity index (χ4n) is 3.96. The number of amides is 1. The number of hydrogen-bond acceptors (Lipinski definition) is 5. The van der Waals surface area contributed by atoms with E-state index >= 15 is 0 Å². The topological polar surface area (TPSA) is 48.5 Å². The highest BCUT2D eigenvalue weighted by atomic mass is 32.2. The van der Waals surface area contributed by atoms with E-state index in [9.17, 15) is 4.79 Å². The lowest BCUT2D eigenvalue weighted by Crippen LogP contribution is -2.32. The number of thioether (sulfide) groups is 1. The minimum atomic E-state index is 0.00872. The molecule has 2 saturated heterocycles. The lowest BCUT2D eigenvalue weighted by Gasteiger charge is -2.27. The van der Waals surface area contributed by atoms with E-state index < -0.39 is 0 Å². The second-order valence-corrected chi connectivity index (χ2v) is 8.96. The first kappa shape index (κ1) is 20.2. The van der Waals surface area contributed by atoms with Crippen LogP contribution < -0.4 is 10.2 Å². The fraction of sp³-hybridized carbons (Fsp3) is 0.478. The van der Waals surface area contributed by atoms with Crippen LogP contribution in [0.5, 0.6) is 0 Å². The van der Waals surface area contributed by atoms with Crippen LogP contribution in [0.2, 0.25) is 0 Å². The molecule has 2 aliphatic rings. The highest BCUT2D eigenvalue weighted by Gasteiger charge is 2.13. The van der Waals surface area contributed by atoms with E-state index in [-0.39, 0.29) is 5.91 Å². The zero-order valence-corrected chi connectivity index (χ0v) is 17.8. The number of carbonyl (C=O) groups excluding carboxylic acids is 1. The number of benzene rings is 1. The Bertz CT molecular complexity index is 782. The third kappa shape index (κ3) is 5.52. The summed E-state index contributed by atoms with van der Waals surface area (Å²) in [6.45, 7) is 6.37. The second-order valence-electron chi connectivity index (χ2n) is 7.74. The van der Waals surface area contributed by atoms with Crippen LogP contribution in [0.4, 0.5) is 5.82 Å². The SMILES string of the molecule is O=C(NCCCN1CCCC1)c1ccc(-c2ccc(N3CCSCC3)nc2)cc1. The fourth-order valence-corrected chi connectivity index (χ4v) is 4.87. The van der Waals surface area contributed by atoms with Crippen molar-refractivity contribution in [3.63, 3.8) is 0 Å². The van der Waals surface area contributed by atoms with Gasteiger partial charge in [-0.05, 0) is 68.7 Å². The summed E-state index contributed by atoms with van der Waals surface area (Å²) in [4.78, 5) is 21.8. The number of anilines is 1. The molecule has 2 fully saturated rings. The molecule has 0 spiro atoms. The number of likely N-dealkylation sites (tertiary alicyclic amines) is 1. The molecule has 0 bridgehead atoms. The number of aromatic nitrogens is 1. The zero-order valence-electron chi connectivity index (χ0n) is 17.0. The molecule has 1 N–H and O–H groups in total. The van der Waals surface area contributed by atoms with Crippen molar-refractivity contribution in [3.8, 4) is 11.1 Å². The van der Waals surface area contributed by atoms with Gasteiger partial charge in [0.15, 0.2) is 0 Å². The number of hydrogen-bond donors (Lipinski definition) is 1. The quantitative estimate of drug-likeness (QED) is 0.708. The highest BCUT2D eigenvalue weighted by Crippen LogP contribution is 2.23. The van der Waals surface area contributed by atoms with Gasteiger partial charge in [0.25, 0.3) is 5.91 Å². The smallest absolute Gasteiger partial charge is 0.251 e. The van der Waals surface area contributed by atoms with Crippen molar-refractivity contribution in [2.75, 3.05) is 55.7 Å². The number of nitrogens with one attached hydrogen (secondary N) is 1. The number of carbonyl (C=O) groups is 1. The molecule has 29 heavy (non-hydrogen) atoms. The molecule has 2 aromatic rings. The molecule has 2 aliphatic heterocycles. The van der Waals surface area contributed by atoms with Crippen molar-refractivity contribution in [3.05, 3.63) is 48.2 Å². The average molecular weight is 411 g/mol. The van der Waals surface area contributed by atoms with E-state index in [4.69, 9.17) is 0 Å². The highest BCUT2D eigenvalue weighted by molar-refractivity contribution is 7.99. The molecule has 1 amide bonds. The van der Waals surface area contributed by atoms with E-state index in [1.807, 2.05) is 42.2 Å². The van der Waals surface area contributed by atoms with Gasteiger partial charge in [-0.3, -0.25) is 4.79 Å². The van der Waals surface area contributed by atoms with Gasteiger partial charge in [0.05, 0.1) is 0 Å². The van der Waals surface area contributed by atoms with Crippen LogP contribution >= 0.6 is 11.8 Å². The van der Waals surface area contributed by atoms with E-state index in [1.165, 1.54) is 37.4 Å². The maximum absolute atomic E-state index is 12.4. The van der Waals surface area contributed by atoms with Crippen LogP contribution in [-0.4, -0.2) is 66.6 Å². The van der Waals surface area contributed by atoms with Crippen LogP contribution in [0.15, 0.2) is 42.6 Å². The van der Waals surface area contributed by atoms with Crippen molar-refractivity contribution in [1.82, 2.24) is 15.2 Å². The maximum atomic E-state index is 12.4. The lowest BCUT2D eigenvalue weighted by molar-refractivity contribution is 0.0952. The van der Waals surface area contributed by atoms with Crippen molar-refractivity contribution >= 4 is 23.5 Å². The summed E-state index contributed by atoms with van der Waals surface area (Å²) in [5.41, 5.74) is 2.88. The average Bonchev–Trinajstić information content (AvgIpc) is 3.31. The van der Waals surface area contributed by atoms with Gasteiger partial charge in [-0.1, -0.05) is 12.1 Å². The van der Waals surface area contributed by atoms with Gasteiger partial charge in [-0.2, -0.15) is 11.8 Å². The molecule has 1 aromatic heterocycles. The molecule has 1 aromatic carbocycles. The van der Waals surface area contributed by atoms with Crippen molar-refractivity contribution in [2.24, 2.45) is 0 Å². The number of nitrogens with zero attached hydrogens (tertiary/aromatic N) is 3. The molecule has 0 aliphatic carbocycles. The maximum Gasteiger partial charge on any atom is 0.251 e. The van der Waals surface area contributed by atoms with Crippen molar-refractivity contribution < 1.29 is 4.79 Å². The molecule has 154 valence electrons. The summed E-state index contributed by atoms with van der Waals surface area (Å²) in [7, 11) is 0. The first-order valence-corrected chi connectivity index (χ1v) is 11.8. The molecule has 6 heteroatoms. The Labute approximate surface area is 177 Å². The molecular weight excluding hydrogens is 380 g/mol. The number of pyridine rings is 1. The summed E-state index contributed by atoms with van der Waals surface area (Å²) in [5.74, 6) is 3.41. The Morgan fingerprint density at radius 1 is 0.966 bits per heavy atom. The Morgan fingerprint density at radius 2 is 1.69 bits per heavy atom. The van der Waals surface area contributed by atoms with Gasteiger partial charge in [0.2, 0.25) is 0 Å². The van der Waals surface area contributed by atoms with Gasteiger partial charge in [-0.25, -0.2) is 4.98 Å². The number of rotatable bonds is 7. The standard InChI is InChI=1S/C23H30N4OS/c28-23(24-10-3-13-26-11-1-2-12-26)20-6-4-19(5-7-20)21-8-9-22(25-18-21)27-14-16-29-17-15-27/h4-9,18H,1-3,10-17H2,(H,24,28). The summed E-state index contributed by atoms with van der Waals surface area (Å²) in [6.07, 6.45) is 5.57. The van der Waals surface area contributed by atoms with Gasteiger partial charge in [0, 0.05) is 48.5 Å². The summed E-state index contributed by atoms with van der Waals surface area (Å²) < 4.78 is 0.